The Morgan fingerprint density at radius 1 is 1.08 bits per heavy atom. The molecule has 0 fully saturated rings. The molecule has 0 atom stereocenters. The third-order valence-electron chi connectivity index (χ3n) is 0.848. The van der Waals surface area contributed by atoms with Crippen molar-refractivity contribution in [3.8, 4) is 0 Å². The molecule has 0 aromatic heterocycles. The minimum absolute atomic E-state index is 0. The van der Waals surface area contributed by atoms with Crippen LogP contribution in [0, 0.1) is 36.6 Å². The van der Waals surface area contributed by atoms with E-state index in [1.807, 2.05) is 12.2 Å². The molecule has 1 aliphatic carbocycles. The molecule has 0 heterocycles. The molecule has 13 heavy (non-hydrogen) atoms. The average Bonchev–Trinajstić information content (AvgIpc) is 1.86. The second-order valence-electron chi connectivity index (χ2n) is 1.46. The first-order valence-corrected chi connectivity index (χ1v) is 2.07. The van der Waals surface area contributed by atoms with Crippen LogP contribution in [0.1, 0.15) is 6.42 Å². The summed E-state index contributed by atoms with van der Waals surface area (Å²) in [5.74, 6) is 0. The summed E-state index contributed by atoms with van der Waals surface area (Å²) < 4.78 is 0. The van der Waals surface area contributed by atoms with E-state index >= 15 is 0 Å². The topological polar surface area (TPSA) is 33.5 Å². The van der Waals surface area contributed by atoms with Gasteiger partial charge in [0.05, 0.1) is 0 Å². The molecule has 0 aromatic rings. The first-order valence-electron chi connectivity index (χ1n) is 2.07. The van der Waals surface area contributed by atoms with Crippen LogP contribution in [0.5, 0.6) is 0 Å². The van der Waals surface area contributed by atoms with Gasteiger partial charge in [0.1, 0.15) is 0 Å². The molecule has 83 valence electrons. The zero-order chi connectivity index (χ0) is 4.41. The molecular formula is C10H24NSiZr-6. The van der Waals surface area contributed by atoms with Crippen molar-refractivity contribution < 1.29 is 26.2 Å². The van der Waals surface area contributed by atoms with Gasteiger partial charge in [-0.05, 0) is 17.4 Å². The Morgan fingerprint density at radius 3 is 1.54 bits per heavy atom. The summed E-state index contributed by atoms with van der Waals surface area (Å²) in [6, 6.07) is 0. The molecule has 0 saturated heterocycles. The Morgan fingerprint density at radius 2 is 1.46 bits per heavy atom. The fourth-order valence-electron chi connectivity index (χ4n) is 0.492. The van der Waals surface area contributed by atoms with Crippen LogP contribution in [-0.4, -0.2) is 11.0 Å². The van der Waals surface area contributed by atoms with Crippen molar-refractivity contribution in [3.05, 3.63) is 66.6 Å². The van der Waals surface area contributed by atoms with Gasteiger partial charge in [-0.3, -0.25) is 0 Å². The van der Waals surface area contributed by atoms with Crippen molar-refractivity contribution in [2.75, 3.05) is 0 Å². The van der Waals surface area contributed by atoms with Crippen molar-refractivity contribution in [1.82, 2.24) is 0 Å². The van der Waals surface area contributed by atoms with E-state index in [2.05, 4.69) is 13.0 Å². The standard InChI is InChI=1S/C6H7.4CH3.H2N.H3Si.Zr/c1-6-4-2-3-5-6;;;;;;;/h2-4H,1,5H2;4*1H3;1H2;1H3;/q6*-1;;. The molecular weight excluding hydrogens is 253 g/mol. The second-order valence-corrected chi connectivity index (χ2v) is 1.46. The van der Waals surface area contributed by atoms with Gasteiger partial charge in [0.25, 0.3) is 0 Å². The van der Waals surface area contributed by atoms with E-state index in [1.54, 1.807) is 0 Å². The predicted octanol–water partition coefficient (Wildman–Crippen LogP) is 3.04. The molecule has 2 N–H and O–H groups in total. The number of nitrogens with two attached hydrogens (primary N) is 1. The van der Waals surface area contributed by atoms with Gasteiger partial charge in [-0.25, -0.2) is 18.6 Å². The van der Waals surface area contributed by atoms with Crippen LogP contribution in [0.4, 0.5) is 0 Å². The average molecular weight is 278 g/mol. The molecule has 1 nitrogen and oxygen atoms in total. The molecule has 1 radical (unpaired) electrons. The van der Waals surface area contributed by atoms with E-state index < -0.39 is 0 Å². The molecule has 0 aromatic carbocycles. The van der Waals surface area contributed by atoms with Crippen molar-refractivity contribution in [2.24, 2.45) is 0 Å². The van der Waals surface area contributed by atoms with Gasteiger partial charge in [-0.2, -0.15) is 0 Å². The molecule has 1 rings (SSSR count). The predicted molar refractivity (Wildman–Crippen MR) is 68.1 cm³/mol. The molecule has 0 spiro atoms. The number of hydrogen-bond donors (Lipinski definition) is 0. The Bertz CT molecular complexity index is 111. The Hall–Kier alpha value is 0.410. The Kier molecular flexibility index (Phi) is 114. The maximum atomic E-state index is 3.74. The monoisotopic (exact) mass is 276 g/mol. The van der Waals surface area contributed by atoms with Crippen molar-refractivity contribution >= 4 is 11.0 Å². The van der Waals surface area contributed by atoms with E-state index in [-0.39, 0.29) is 73.0 Å². The normalized spacial score (nSPS) is 8.46. The van der Waals surface area contributed by atoms with Gasteiger partial charge in [0.2, 0.25) is 0 Å². The van der Waals surface area contributed by atoms with Crippen molar-refractivity contribution in [2.45, 2.75) is 6.42 Å². The summed E-state index contributed by atoms with van der Waals surface area (Å²) in [4.78, 5) is 0. The molecule has 0 unspecified atom stereocenters. The quantitative estimate of drug-likeness (QED) is 0.482. The summed E-state index contributed by atoms with van der Waals surface area (Å²) in [5, 5.41) is 0. The minimum Gasteiger partial charge on any atom is -0.693 e. The summed E-state index contributed by atoms with van der Waals surface area (Å²) >= 11 is 0. The zero-order valence-corrected chi connectivity index (χ0v) is 14.2. The van der Waals surface area contributed by atoms with E-state index in [0.717, 1.165) is 6.42 Å². The van der Waals surface area contributed by atoms with Gasteiger partial charge in [0, 0.05) is 26.2 Å². The van der Waals surface area contributed by atoms with E-state index in [4.69, 9.17) is 0 Å². The van der Waals surface area contributed by atoms with Gasteiger partial charge in [-0.1, -0.05) is 0 Å². The molecule has 0 amide bonds. The van der Waals surface area contributed by atoms with Crippen molar-refractivity contribution in [1.29, 1.82) is 0 Å². The summed E-state index contributed by atoms with van der Waals surface area (Å²) in [6.07, 6.45) is 7.21. The summed E-state index contributed by atoms with van der Waals surface area (Å²) in [6.45, 7) is 3.74. The molecule has 0 saturated carbocycles. The van der Waals surface area contributed by atoms with Crippen LogP contribution in [0.2, 0.25) is 0 Å². The maximum Gasteiger partial charge on any atom is 0 e. The molecule has 1 aliphatic rings. The number of allylic oxidation sites excluding steroid dienone is 4. The number of hydrogen-bond acceptors (Lipinski definition) is 0. The first kappa shape index (κ1) is 50.3. The fourth-order valence-corrected chi connectivity index (χ4v) is 0.492. The van der Waals surface area contributed by atoms with Gasteiger partial charge in [-0.15, -0.1) is 12.2 Å². The van der Waals surface area contributed by atoms with Crippen molar-refractivity contribution in [3.63, 3.8) is 0 Å². The third-order valence-corrected chi connectivity index (χ3v) is 0.848. The van der Waals surface area contributed by atoms with Crippen LogP contribution in [-0.2, 0) is 26.2 Å². The van der Waals surface area contributed by atoms with E-state index in [9.17, 15) is 0 Å². The van der Waals surface area contributed by atoms with Crippen LogP contribution >= 0.6 is 0 Å². The Labute approximate surface area is 110 Å². The summed E-state index contributed by atoms with van der Waals surface area (Å²) in [5.41, 5.74) is 1.22. The molecule has 3 heteroatoms. The van der Waals surface area contributed by atoms with Gasteiger partial charge >= 0.3 is 0 Å². The minimum atomic E-state index is 0. The first-order chi connectivity index (χ1) is 2.89. The van der Waals surface area contributed by atoms with E-state index in [1.165, 1.54) is 5.57 Å². The van der Waals surface area contributed by atoms with Crippen LogP contribution < -0.4 is 0 Å². The summed E-state index contributed by atoms with van der Waals surface area (Å²) in [7, 11) is 0. The Balaban J connectivity index is -0.0000000103. The number of rotatable bonds is 0. The SMILES string of the molecule is [CH2-]C1=CC=CC1.[CH3-].[CH3-].[CH3-].[CH3-].[NH2-].[SiH3].[Zr]. The van der Waals surface area contributed by atoms with Crippen LogP contribution in [0.3, 0.4) is 0 Å². The maximum absolute atomic E-state index is 3.74. The van der Waals surface area contributed by atoms with Crippen LogP contribution in [0.25, 0.3) is 6.15 Å². The van der Waals surface area contributed by atoms with Crippen LogP contribution in [0.15, 0.2) is 23.8 Å². The zero-order valence-electron chi connectivity index (χ0n) is 9.72. The van der Waals surface area contributed by atoms with E-state index in [0.29, 0.717) is 0 Å². The smallest absolute Gasteiger partial charge is 0 e. The fraction of sp³-hybridized carbons (Fsp3) is 0.100. The largest absolute Gasteiger partial charge is 0.693 e. The van der Waals surface area contributed by atoms with Gasteiger partial charge < -0.3 is 35.9 Å². The third kappa shape index (κ3) is 24.5. The molecule has 0 aliphatic heterocycles. The molecule has 0 bridgehead atoms. The second kappa shape index (κ2) is 29.4. The van der Waals surface area contributed by atoms with Gasteiger partial charge in [0.15, 0.2) is 0 Å².